The Morgan fingerprint density at radius 2 is 1.96 bits per heavy atom. The molecule has 2 nitrogen and oxygen atoms in total. The van der Waals surface area contributed by atoms with Crippen LogP contribution in [0.5, 0.6) is 0 Å². The number of halogens is 2. The molecule has 0 saturated carbocycles. The maximum absolute atomic E-state index is 6.76. The minimum absolute atomic E-state index is 0.117. The van der Waals surface area contributed by atoms with E-state index in [1.54, 1.807) is 0 Å². The summed E-state index contributed by atoms with van der Waals surface area (Å²) in [6.07, 6.45) is 11.1. The van der Waals surface area contributed by atoms with Gasteiger partial charge in [-0.15, -0.1) is 0 Å². The monoisotopic (exact) mass is 528 g/mol. The normalized spacial score (nSPS) is 29.2. The van der Waals surface area contributed by atoms with Gasteiger partial charge >= 0.3 is 0 Å². The fourth-order valence-electron chi connectivity index (χ4n) is 2.55. The number of ether oxygens (including phenoxy) is 1. The Bertz CT molecular complexity index is 432. The van der Waals surface area contributed by atoms with Crippen LogP contribution in [0.1, 0.15) is 53.4 Å². The van der Waals surface area contributed by atoms with E-state index in [0.29, 0.717) is 4.83 Å². The van der Waals surface area contributed by atoms with Crippen molar-refractivity contribution in [3.05, 3.63) is 22.3 Å². The zero-order valence-electron chi connectivity index (χ0n) is 16.0. The summed E-state index contributed by atoms with van der Waals surface area (Å²) in [6.45, 7) is 13.8. The van der Waals surface area contributed by atoms with Crippen LogP contribution >= 0.6 is 38.5 Å². The first kappa shape index (κ1) is 22.9. The third kappa shape index (κ3) is 6.86. The second kappa shape index (κ2) is 10.2. The highest BCUT2D eigenvalue weighted by Gasteiger charge is 2.41. The topological polar surface area (TPSA) is 18.5 Å². The Morgan fingerprint density at radius 1 is 1.33 bits per heavy atom. The van der Waals surface area contributed by atoms with Gasteiger partial charge in [0.25, 0.3) is 0 Å². The quantitative estimate of drug-likeness (QED) is 0.160. The van der Waals surface area contributed by atoms with Gasteiger partial charge in [-0.05, 0) is 47.9 Å². The molecule has 0 unspecified atom stereocenters. The highest BCUT2D eigenvalue weighted by atomic mass is 127. The Morgan fingerprint density at radius 3 is 2.50 bits per heavy atom. The molecule has 4 atom stereocenters. The third-order valence-corrected chi connectivity index (χ3v) is 11.4. The van der Waals surface area contributed by atoms with Gasteiger partial charge in [0.1, 0.15) is 0 Å². The summed E-state index contributed by atoms with van der Waals surface area (Å²) in [7, 11) is -1.82. The molecule has 0 aromatic rings. The van der Waals surface area contributed by atoms with Crippen LogP contribution in [0.25, 0.3) is 0 Å². The zero-order valence-corrected chi connectivity index (χ0v) is 20.8. The summed E-state index contributed by atoms with van der Waals surface area (Å²) in [5.41, 5.74) is 0. The van der Waals surface area contributed by atoms with Crippen LogP contribution in [0.3, 0.4) is 0 Å². The van der Waals surface area contributed by atoms with Crippen molar-refractivity contribution in [1.29, 1.82) is 0 Å². The van der Waals surface area contributed by atoms with E-state index < -0.39 is 8.32 Å². The van der Waals surface area contributed by atoms with Crippen molar-refractivity contribution in [1.82, 2.24) is 0 Å². The Kier molecular flexibility index (Phi) is 9.75. The van der Waals surface area contributed by atoms with Gasteiger partial charge in [-0.3, -0.25) is 0 Å². The van der Waals surface area contributed by atoms with Crippen LogP contribution in [0.4, 0.5) is 0 Å². The largest absolute Gasteiger partial charge is 0.411 e. The summed E-state index contributed by atoms with van der Waals surface area (Å²) in [6, 6.07) is 0. The van der Waals surface area contributed by atoms with Crippen molar-refractivity contribution in [3.63, 3.8) is 0 Å². The Hall–Kier alpha value is 0.827. The summed E-state index contributed by atoms with van der Waals surface area (Å²) < 4.78 is 15.4. The lowest BCUT2D eigenvalue weighted by atomic mass is 10.0. The van der Waals surface area contributed by atoms with Crippen molar-refractivity contribution in [2.75, 3.05) is 0 Å². The maximum Gasteiger partial charge on any atom is 0.192 e. The molecule has 140 valence electrons. The van der Waals surface area contributed by atoms with Crippen LogP contribution in [0.15, 0.2) is 22.3 Å². The van der Waals surface area contributed by atoms with Crippen LogP contribution in [0, 0.1) is 0 Å². The molecule has 0 aliphatic carbocycles. The van der Waals surface area contributed by atoms with E-state index in [4.69, 9.17) is 9.16 Å². The van der Waals surface area contributed by atoms with E-state index in [-0.39, 0.29) is 23.4 Å². The first-order chi connectivity index (χ1) is 11.1. The van der Waals surface area contributed by atoms with Crippen molar-refractivity contribution in [3.8, 4) is 0 Å². The van der Waals surface area contributed by atoms with Gasteiger partial charge in [-0.2, -0.15) is 0 Å². The first-order valence-corrected chi connectivity index (χ1v) is 14.1. The van der Waals surface area contributed by atoms with Crippen LogP contribution in [-0.4, -0.2) is 31.5 Å². The molecule has 0 radical (unpaired) electrons. The number of hydrogen-bond acceptors (Lipinski definition) is 2. The van der Waals surface area contributed by atoms with Crippen LogP contribution in [-0.2, 0) is 9.16 Å². The number of alkyl halides is 1. The summed E-state index contributed by atoms with van der Waals surface area (Å²) in [5.74, 6) is 0. The van der Waals surface area contributed by atoms with E-state index >= 15 is 0 Å². The van der Waals surface area contributed by atoms with Gasteiger partial charge < -0.3 is 9.16 Å². The Balaban J connectivity index is 3.00. The van der Waals surface area contributed by atoms with E-state index in [2.05, 4.69) is 102 Å². The van der Waals surface area contributed by atoms with E-state index in [1.807, 2.05) is 0 Å². The van der Waals surface area contributed by atoms with Gasteiger partial charge in [0, 0.05) is 4.83 Å². The molecule has 0 aromatic carbocycles. The summed E-state index contributed by atoms with van der Waals surface area (Å²) in [4.78, 5) is 0.389. The van der Waals surface area contributed by atoms with Gasteiger partial charge in [0.05, 0.1) is 18.3 Å². The molecule has 0 bridgehead atoms. The smallest absolute Gasteiger partial charge is 0.192 e. The molecular formula is C19H34BrIO2Si. The van der Waals surface area contributed by atoms with E-state index in [0.717, 1.165) is 25.7 Å². The maximum atomic E-state index is 6.76. The minimum atomic E-state index is -1.82. The molecule has 0 aromatic heterocycles. The SMILES string of the molecule is CC[C@H](Br)[C@H]1C/C=C\C[C@H](O[Si](C)(C)C(C)(C)C)[C@H](C/C=C\I)O1. The van der Waals surface area contributed by atoms with Gasteiger partial charge in [-0.1, -0.05) is 84.4 Å². The second-order valence-corrected chi connectivity index (χ2v) is 14.7. The van der Waals surface area contributed by atoms with Crippen LogP contribution < -0.4 is 0 Å². The molecule has 1 rings (SSSR count). The fourth-order valence-corrected chi connectivity index (χ4v) is 4.54. The summed E-state index contributed by atoms with van der Waals surface area (Å²) in [5, 5.41) is 0.212. The van der Waals surface area contributed by atoms with Crippen molar-refractivity contribution in [2.24, 2.45) is 0 Å². The van der Waals surface area contributed by atoms with Crippen molar-refractivity contribution in [2.45, 2.75) is 94.6 Å². The number of rotatable bonds is 6. The lowest BCUT2D eigenvalue weighted by Crippen LogP contribution is -2.48. The second-order valence-electron chi connectivity index (χ2n) is 8.09. The van der Waals surface area contributed by atoms with Crippen molar-refractivity contribution >= 4 is 46.8 Å². The number of hydrogen-bond donors (Lipinski definition) is 0. The zero-order chi connectivity index (χ0) is 18.4. The minimum Gasteiger partial charge on any atom is -0.411 e. The van der Waals surface area contributed by atoms with Gasteiger partial charge in [0.2, 0.25) is 0 Å². The molecule has 0 spiro atoms. The lowest BCUT2D eigenvalue weighted by molar-refractivity contribution is -0.0702. The molecule has 0 N–H and O–H groups in total. The standard InChI is InChI=1S/C19H34BrIO2Si/c1-7-15(20)16-11-8-9-12-18(17(22-16)13-10-14-21)23-24(5,6)19(2,3)4/h8-10,14-18H,7,11-13H2,1-6H3/b9-8-,14-10-/t15-,16+,17-,18-/m0/s1. The molecule has 0 amide bonds. The highest BCUT2D eigenvalue weighted by molar-refractivity contribution is 14.1. The molecule has 0 saturated heterocycles. The van der Waals surface area contributed by atoms with Gasteiger partial charge in [-0.25, -0.2) is 0 Å². The molecule has 1 heterocycles. The van der Waals surface area contributed by atoms with E-state index in [1.165, 1.54) is 0 Å². The van der Waals surface area contributed by atoms with Crippen LogP contribution in [0.2, 0.25) is 18.1 Å². The average molecular weight is 529 g/mol. The molecule has 0 fully saturated rings. The van der Waals surface area contributed by atoms with E-state index in [9.17, 15) is 0 Å². The first-order valence-electron chi connectivity index (χ1n) is 9.00. The summed E-state index contributed by atoms with van der Waals surface area (Å²) >= 11 is 6.08. The molecule has 1 aliphatic rings. The molecule has 1 aliphatic heterocycles. The van der Waals surface area contributed by atoms with Crippen molar-refractivity contribution < 1.29 is 9.16 Å². The third-order valence-electron chi connectivity index (χ3n) is 5.17. The lowest BCUT2D eigenvalue weighted by Gasteiger charge is -2.42. The predicted molar refractivity (Wildman–Crippen MR) is 120 cm³/mol. The predicted octanol–water partition coefficient (Wildman–Crippen LogP) is 6.99. The fraction of sp³-hybridized carbons (Fsp3) is 0.789. The average Bonchev–Trinajstić information content (AvgIpc) is 2.47. The van der Waals surface area contributed by atoms with Gasteiger partial charge in [0.15, 0.2) is 8.32 Å². The molecule has 5 heteroatoms. The Labute approximate surface area is 172 Å². The molecular weight excluding hydrogens is 495 g/mol. The molecule has 24 heavy (non-hydrogen) atoms. The highest BCUT2D eigenvalue weighted by Crippen LogP contribution is 2.39.